The molecule has 5 nitrogen and oxygen atoms in total. The number of aromatic nitrogens is 1. The summed E-state index contributed by atoms with van der Waals surface area (Å²) in [5.74, 6) is -0.447. The summed E-state index contributed by atoms with van der Waals surface area (Å²) in [5, 5.41) is 2.95. The predicted octanol–water partition coefficient (Wildman–Crippen LogP) is 4.08. The number of rotatable bonds is 4. The molecule has 0 radical (unpaired) electrons. The first kappa shape index (κ1) is 20.0. The van der Waals surface area contributed by atoms with Crippen molar-refractivity contribution in [2.75, 3.05) is 31.1 Å². The van der Waals surface area contributed by atoms with E-state index in [0.717, 1.165) is 16.4 Å². The van der Waals surface area contributed by atoms with E-state index in [0.29, 0.717) is 26.2 Å². The van der Waals surface area contributed by atoms with Crippen LogP contribution in [0.4, 0.5) is 9.52 Å². The second-order valence-electron chi connectivity index (χ2n) is 7.24. The van der Waals surface area contributed by atoms with E-state index in [9.17, 15) is 12.8 Å². The molecular weight excluding hydrogens is 409 g/mol. The Balaban J connectivity index is 1.46. The maximum absolute atomic E-state index is 13.1. The van der Waals surface area contributed by atoms with E-state index in [-0.39, 0.29) is 4.90 Å². The number of thiazole rings is 1. The number of anilines is 1. The third kappa shape index (κ3) is 4.19. The number of aryl methyl sites for hydroxylation is 2. The Bertz CT molecular complexity index is 1100. The summed E-state index contributed by atoms with van der Waals surface area (Å²) in [6.45, 7) is 6.03. The molecule has 8 heteroatoms. The van der Waals surface area contributed by atoms with E-state index < -0.39 is 15.8 Å². The second kappa shape index (κ2) is 7.85. The monoisotopic (exact) mass is 431 g/mol. The van der Waals surface area contributed by atoms with Crippen molar-refractivity contribution in [3.05, 3.63) is 64.8 Å². The van der Waals surface area contributed by atoms with E-state index >= 15 is 0 Å². The number of piperazine rings is 1. The molecule has 0 unspecified atom stereocenters. The topological polar surface area (TPSA) is 53.5 Å². The fraction of sp³-hybridized carbons (Fsp3) is 0.286. The number of hydrogen-bond acceptors (Lipinski definition) is 5. The molecule has 3 aromatic rings. The number of nitrogens with zero attached hydrogens (tertiary/aromatic N) is 3. The van der Waals surface area contributed by atoms with Crippen LogP contribution < -0.4 is 4.90 Å². The van der Waals surface area contributed by atoms with Gasteiger partial charge in [0.25, 0.3) is 0 Å². The van der Waals surface area contributed by atoms with Crippen LogP contribution in [-0.4, -0.2) is 43.9 Å². The Hall–Kier alpha value is -2.29. The average molecular weight is 432 g/mol. The van der Waals surface area contributed by atoms with Crippen LogP contribution in [0, 0.1) is 19.7 Å². The summed E-state index contributed by atoms with van der Waals surface area (Å²) >= 11 is 1.57. The lowest BCUT2D eigenvalue weighted by atomic mass is 10.1. The van der Waals surface area contributed by atoms with Gasteiger partial charge in [-0.3, -0.25) is 0 Å². The fourth-order valence-electron chi connectivity index (χ4n) is 3.54. The van der Waals surface area contributed by atoms with Gasteiger partial charge in [-0.25, -0.2) is 17.8 Å². The molecule has 1 saturated heterocycles. The lowest BCUT2D eigenvalue weighted by molar-refractivity contribution is 0.384. The van der Waals surface area contributed by atoms with Gasteiger partial charge in [-0.05, 0) is 50.2 Å². The Morgan fingerprint density at radius 2 is 1.59 bits per heavy atom. The SMILES string of the molecule is Cc1cc(C)cc(-c2csc(N3CCN(S(=O)(=O)c4ccc(F)cc4)CC3)n2)c1. The number of benzene rings is 2. The van der Waals surface area contributed by atoms with E-state index in [1.54, 1.807) is 11.3 Å². The number of halogens is 1. The summed E-state index contributed by atoms with van der Waals surface area (Å²) < 4.78 is 40.1. The number of sulfonamides is 1. The van der Waals surface area contributed by atoms with Crippen molar-refractivity contribution < 1.29 is 12.8 Å². The van der Waals surface area contributed by atoms with Gasteiger partial charge >= 0.3 is 0 Å². The van der Waals surface area contributed by atoms with Crippen LogP contribution >= 0.6 is 11.3 Å². The molecule has 0 atom stereocenters. The van der Waals surface area contributed by atoms with Gasteiger partial charge in [-0.1, -0.05) is 17.2 Å². The molecule has 2 aromatic carbocycles. The Morgan fingerprint density at radius 3 is 2.21 bits per heavy atom. The summed E-state index contributed by atoms with van der Waals surface area (Å²) in [6.07, 6.45) is 0. The maximum atomic E-state index is 13.1. The smallest absolute Gasteiger partial charge is 0.243 e. The molecule has 1 aliphatic heterocycles. The lowest BCUT2D eigenvalue weighted by Gasteiger charge is -2.33. The van der Waals surface area contributed by atoms with E-state index in [1.165, 1.54) is 39.7 Å². The quantitative estimate of drug-likeness (QED) is 0.625. The first-order chi connectivity index (χ1) is 13.8. The molecule has 0 aliphatic carbocycles. The molecule has 0 spiro atoms. The highest BCUT2D eigenvalue weighted by atomic mass is 32.2. The van der Waals surface area contributed by atoms with Gasteiger partial charge in [0.2, 0.25) is 10.0 Å². The minimum absolute atomic E-state index is 0.124. The first-order valence-electron chi connectivity index (χ1n) is 9.38. The van der Waals surface area contributed by atoms with Gasteiger partial charge in [-0.2, -0.15) is 4.31 Å². The van der Waals surface area contributed by atoms with Gasteiger partial charge in [0.05, 0.1) is 10.6 Å². The molecule has 4 rings (SSSR count). The third-order valence-corrected chi connectivity index (χ3v) is 7.78. The van der Waals surface area contributed by atoms with Gasteiger partial charge in [0.15, 0.2) is 5.13 Å². The van der Waals surface area contributed by atoms with Crippen LogP contribution in [0.1, 0.15) is 11.1 Å². The van der Waals surface area contributed by atoms with Crippen molar-refractivity contribution >= 4 is 26.5 Å². The molecular formula is C21H22FN3O2S2. The molecule has 152 valence electrons. The zero-order valence-electron chi connectivity index (χ0n) is 16.3. The van der Waals surface area contributed by atoms with Gasteiger partial charge in [-0.15, -0.1) is 11.3 Å². The standard InChI is InChI=1S/C21H22FN3O2S2/c1-15-11-16(2)13-17(12-15)20-14-28-21(23-20)24-7-9-25(10-8-24)29(26,27)19-5-3-18(22)4-6-19/h3-6,11-14H,7-10H2,1-2H3. The Labute approximate surface area is 174 Å². The zero-order chi connectivity index (χ0) is 20.6. The van der Waals surface area contributed by atoms with Crippen LogP contribution in [0.25, 0.3) is 11.3 Å². The van der Waals surface area contributed by atoms with Crippen molar-refractivity contribution in [3.8, 4) is 11.3 Å². The van der Waals surface area contributed by atoms with Crippen molar-refractivity contribution in [3.63, 3.8) is 0 Å². The summed E-state index contributed by atoms with van der Waals surface area (Å²) in [5.41, 5.74) is 4.45. The molecule has 0 bridgehead atoms. The maximum Gasteiger partial charge on any atom is 0.243 e. The normalized spacial score (nSPS) is 15.6. The highest BCUT2D eigenvalue weighted by Crippen LogP contribution is 2.30. The molecule has 29 heavy (non-hydrogen) atoms. The third-order valence-electron chi connectivity index (χ3n) is 4.97. The Morgan fingerprint density at radius 1 is 0.966 bits per heavy atom. The van der Waals surface area contributed by atoms with E-state index in [4.69, 9.17) is 4.98 Å². The van der Waals surface area contributed by atoms with Crippen molar-refractivity contribution in [1.82, 2.24) is 9.29 Å². The van der Waals surface area contributed by atoms with Crippen molar-refractivity contribution in [2.45, 2.75) is 18.7 Å². The van der Waals surface area contributed by atoms with Crippen LogP contribution in [-0.2, 0) is 10.0 Å². The molecule has 2 heterocycles. The van der Waals surface area contributed by atoms with Gasteiger partial charge < -0.3 is 4.90 Å². The van der Waals surface area contributed by atoms with Gasteiger partial charge in [0.1, 0.15) is 5.82 Å². The predicted molar refractivity (Wildman–Crippen MR) is 114 cm³/mol. The summed E-state index contributed by atoms with van der Waals surface area (Å²) in [6, 6.07) is 11.4. The minimum Gasteiger partial charge on any atom is -0.345 e. The van der Waals surface area contributed by atoms with Crippen molar-refractivity contribution in [1.29, 1.82) is 0 Å². The van der Waals surface area contributed by atoms with Crippen LogP contribution in [0.2, 0.25) is 0 Å². The first-order valence-corrected chi connectivity index (χ1v) is 11.7. The van der Waals surface area contributed by atoms with Crippen LogP contribution in [0.3, 0.4) is 0 Å². The second-order valence-corrected chi connectivity index (χ2v) is 10.0. The van der Waals surface area contributed by atoms with Crippen LogP contribution in [0.15, 0.2) is 52.7 Å². The van der Waals surface area contributed by atoms with E-state index in [2.05, 4.69) is 36.9 Å². The molecule has 0 N–H and O–H groups in total. The highest BCUT2D eigenvalue weighted by Gasteiger charge is 2.29. The fourth-order valence-corrected chi connectivity index (χ4v) is 5.85. The summed E-state index contributed by atoms with van der Waals surface area (Å²) in [4.78, 5) is 7.02. The van der Waals surface area contributed by atoms with Gasteiger partial charge in [0, 0.05) is 37.1 Å². The van der Waals surface area contributed by atoms with E-state index in [1.807, 2.05) is 5.38 Å². The molecule has 0 saturated carbocycles. The lowest BCUT2D eigenvalue weighted by Crippen LogP contribution is -2.48. The summed E-state index contributed by atoms with van der Waals surface area (Å²) in [7, 11) is -3.61. The largest absolute Gasteiger partial charge is 0.345 e. The van der Waals surface area contributed by atoms with Crippen LogP contribution in [0.5, 0.6) is 0 Å². The minimum atomic E-state index is -3.61. The number of hydrogen-bond donors (Lipinski definition) is 0. The Kier molecular flexibility index (Phi) is 5.42. The molecule has 1 aliphatic rings. The zero-order valence-corrected chi connectivity index (χ0v) is 17.9. The highest BCUT2D eigenvalue weighted by molar-refractivity contribution is 7.89. The molecule has 1 fully saturated rings. The van der Waals surface area contributed by atoms with Crippen molar-refractivity contribution in [2.24, 2.45) is 0 Å². The molecule has 1 aromatic heterocycles. The molecule has 0 amide bonds. The average Bonchev–Trinajstić information content (AvgIpc) is 3.18.